The van der Waals surface area contributed by atoms with E-state index in [2.05, 4.69) is 17.2 Å². The van der Waals surface area contributed by atoms with E-state index in [0.29, 0.717) is 13.1 Å². The van der Waals surface area contributed by atoms with Gasteiger partial charge in [-0.25, -0.2) is 4.79 Å². The summed E-state index contributed by atoms with van der Waals surface area (Å²) in [7, 11) is 3.37. The third-order valence-corrected chi connectivity index (χ3v) is 2.27. The Morgan fingerprint density at radius 1 is 1.41 bits per heavy atom. The van der Waals surface area contributed by atoms with Gasteiger partial charge in [0.25, 0.3) is 0 Å². The lowest BCUT2D eigenvalue weighted by Crippen LogP contribution is -2.34. The van der Waals surface area contributed by atoms with Gasteiger partial charge in [0, 0.05) is 26.2 Å². The highest BCUT2D eigenvalue weighted by atomic mass is 16.2. The molecule has 4 nitrogen and oxygen atoms in total. The molecule has 1 aromatic carbocycles. The fraction of sp³-hybridized carbons (Fsp3) is 0.308. The summed E-state index contributed by atoms with van der Waals surface area (Å²) in [5.41, 5.74) is 7.29. The summed E-state index contributed by atoms with van der Waals surface area (Å²) in [6, 6.07) is 7.67. The van der Waals surface area contributed by atoms with E-state index < -0.39 is 0 Å². The maximum Gasteiger partial charge on any atom is 0.317 e. The van der Waals surface area contributed by atoms with Gasteiger partial charge in [0.05, 0.1) is 6.54 Å². The second kappa shape index (κ2) is 6.56. The zero-order chi connectivity index (χ0) is 12.7. The maximum atomic E-state index is 11.3. The van der Waals surface area contributed by atoms with E-state index >= 15 is 0 Å². The molecule has 0 heterocycles. The van der Waals surface area contributed by atoms with Gasteiger partial charge < -0.3 is 16.0 Å². The molecule has 90 valence electrons. The number of amides is 2. The minimum Gasteiger partial charge on any atom is -0.341 e. The molecule has 0 atom stereocenters. The Morgan fingerprint density at radius 2 is 2.06 bits per heavy atom. The molecule has 0 aliphatic carbocycles. The molecule has 0 radical (unpaired) electrons. The van der Waals surface area contributed by atoms with Crippen LogP contribution in [0.15, 0.2) is 24.3 Å². The number of hydrogen-bond donors (Lipinski definition) is 2. The average molecular weight is 231 g/mol. The van der Waals surface area contributed by atoms with Gasteiger partial charge in [-0.05, 0) is 17.7 Å². The van der Waals surface area contributed by atoms with Crippen LogP contribution in [0.1, 0.15) is 11.1 Å². The minimum atomic E-state index is -0.100. The number of carbonyl (C=O) groups is 1. The first-order valence-electron chi connectivity index (χ1n) is 5.38. The van der Waals surface area contributed by atoms with Crippen LogP contribution in [0.2, 0.25) is 0 Å². The first kappa shape index (κ1) is 13.1. The van der Waals surface area contributed by atoms with Crippen molar-refractivity contribution in [2.45, 2.75) is 6.54 Å². The molecule has 17 heavy (non-hydrogen) atoms. The van der Waals surface area contributed by atoms with Crippen LogP contribution in [0.4, 0.5) is 4.79 Å². The van der Waals surface area contributed by atoms with Crippen molar-refractivity contribution in [2.24, 2.45) is 5.73 Å². The summed E-state index contributed by atoms with van der Waals surface area (Å²) in [5.74, 6) is 5.75. The molecule has 0 fully saturated rings. The second-order valence-electron chi connectivity index (χ2n) is 3.61. The number of nitrogens with two attached hydrogens (primary N) is 1. The fourth-order valence-corrected chi connectivity index (χ4v) is 1.38. The molecular formula is C13H17N3O. The Labute approximate surface area is 102 Å². The van der Waals surface area contributed by atoms with Gasteiger partial charge in [0.2, 0.25) is 0 Å². The first-order valence-corrected chi connectivity index (χ1v) is 5.38. The maximum absolute atomic E-state index is 11.3. The standard InChI is InChI=1S/C13H17N3O/c1-15-13(17)16(2)10-12-7-5-11(6-8-12)4-3-9-14/h5-8H,9-10,14H2,1-2H3,(H,15,17). The zero-order valence-electron chi connectivity index (χ0n) is 10.2. The van der Waals surface area contributed by atoms with E-state index in [9.17, 15) is 4.79 Å². The van der Waals surface area contributed by atoms with Crippen LogP contribution in [0.25, 0.3) is 0 Å². The molecule has 2 amide bonds. The second-order valence-corrected chi connectivity index (χ2v) is 3.61. The van der Waals surface area contributed by atoms with Crippen molar-refractivity contribution >= 4 is 6.03 Å². The SMILES string of the molecule is CNC(=O)N(C)Cc1ccc(C#CCN)cc1. The van der Waals surface area contributed by atoms with Crippen LogP contribution >= 0.6 is 0 Å². The zero-order valence-corrected chi connectivity index (χ0v) is 10.2. The number of nitrogens with one attached hydrogen (secondary N) is 1. The lowest BCUT2D eigenvalue weighted by atomic mass is 10.1. The van der Waals surface area contributed by atoms with Crippen molar-refractivity contribution in [2.75, 3.05) is 20.6 Å². The van der Waals surface area contributed by atoms with E-state index in [4.69, 9.17) is 5.73 Å². The van der Waals surface area contributed by atoms with Crippen LogP contribution in [0, 0.1) is 11.8 Å². The summed E-state index contributed by atoms with van der Waals surface area (Å²) < 4.78 is 0. The summed E-state index contributed by atoms with van der Waals surface area (Å²) >= 11 is 0. The van der Waals surface area contributed by atoms with Gasteiger partial charge in [0.1, 0.15) is 0 Å². The summed E-state index contributed by atoms with van der Waals surface area (Å²) in [4.78, 5) is 12.9. The quantitative estimate of drug-likeness (QED) is 0.739. The van der Waals surface area contributed by atoms with Crippen LogP contribution in [-0.2, 0) is 6.54 Å². The lowest BCUT2D eigenvalue weighted by molar-refractivity contribution is 0.209. The summed E-state index contributed by atoms with van der Waals surface area (Å²) in [6.45, 7) is 0.936. The molecular weight excluding hydrogens is 214 g/mol. The van der Waals surface area contributed by atoms with Crippen molar-refractivity contribution in [3.8, 4) is 11.8 Å². The molecule has 0 aromatic heterocycles. The normalized spacial score (nSPS) is 9.12. The van der Waals surface area contributed by atoms with E-state index in [1.165, 1.54) is 0 Å². The van der Waals surface area contributed by atoms with Crippen molar-refractivity contribution in [3.63, 3.8) is 0 Å². The lowest BCUT2D eigenvalue weighted by Gasteiger charge is -2.16. The van der Waals surface area contributed by atoms with Gasteiger partial charge in [-0.1, -0.05) is 24.0 Å². The Hall–Kier alpha value is -1.99. The molecule has 3 N–H and O–H groups in total. The molecule has 0 aliphatic rings. The van der Waals surface area contributed by atoms with Crippen molar-refractivity contribution < 1.29 is 4.79 Å². The summed E-state index contributed by atoms with van der Waals surface area (Å²) in [5, 5.41) is 2.58. The Kier molecular flexibility index (Phi) is 5.05. The highest BCUT2D eigenvalue weighted by Gasteiger charge is 2.05. The smallest absolute Gasteiger partial charge is 0.317 e. The average Bonchev–Trinajstić information content (AvgIpc) is 2.37. The number of rotatable bonds is 2. The highest BCUT2D eigenvalue weighted by molar-refractivity contribution is 5.73. The molecule has 1 aromatic rings. The third kappa shape index (κ3) is 4.17. The van der Waals surface area contributed by atoms with Gasteiger partial charge >= 0.3 is 6.03 Å². The van der Waals surface area contributed by atoms with Crippen molar-refractivity contribution in [1.29, 1.82) is 0 Å². The highest BCUT2D eigenvalue weighted by Crippen LogP contribution is 2.06. The monoisotopic (exact) mass is 231 g/mol. The molecule has 0 saturated heterocycles. The topological polar surface area (TPSA) is 58.4 Å². The van der Waals surface area contributed by atoms with Crippen LogP contribution < -0.4 is 11.1 Å². The molecule has 4 heteroatoms. The van der Waals surface area contributed by atoms with Crippen LogP contribution in [0.5, 0.6) is 0 Å². The third-order valence-electron chi connectivity index (χ3n) is 2.27. The van der Waals surface area contributed by atoms with Gasteiger partial charge in [0.15, 0.2) is 0 Å². The Bertz CT molecular complexity index is 428. The molecule has 0 bridgehead atoms. The number of benzene rings is 1. The fourth-order valence-electron chi connectivity index (χ4n) is 1.38. The van der Waals surface area contributed by atoms with Crippen molar-refractivity contribution in [1.82, 2.24) is 10.2 Å². The molecule has 0 aliphatic heterocycles. The number of carbonyl (C=O) groups excluding carboxylic acids is 1. The Morgan fingerprint density at radius 3 is 2.59 bits per heavy atom. The predicted molar refractivity (Wildman–Crippen MR) is 68.3 cm³/mol. The number of urea groups is 1. The summed E-state index contributed by atoms with van der Waals surface area (Å²) in [6.07, 6.45) is 0. The van der Waals surface area contributed by atoms with Gasteiger partial charge in [-0.15, -0.1) is 0 Å². The predicted octanol–water partition coefficient (Wildman–Crippen LogP) is 0.768. The van der Waals surface area contributed by atoms with Gasteiger partial charge in [-0.3, -0.25) is 0 Å². The van der Waals surface area contributed by atoms with Crippen LogP contribution in [-0.4, -0.2) is 31.6 Å². The van der Waals surface area contributed by atoms with Gasteiger partial charge in [-0.2, -0.15) is 0 Å². The Balaban J connectivity index is 2.65. The largest absolute Gasteiger partial charge is 0.341 e. The molecule has 0 unspecified atom stereocenters. The van der Waals surface area contributed by atoms with E-state index in [1.807, 2.05) is 24.3 Å². The van der Waals surface area contributed by atoms with Crippen LogP contribution in [0.3, 0.4) is 0 Å². The number of nitrogens with zero attached hydrogens (tertiary/aromatic N) is 1. The van der Waals surface area contributed by atoms with E-state index in [1.54, 1.807) is 19.0 Å². The first-order chi connectivity index (χ1) is 8.17. The van der Waals surface area contributed by atoms with E-state index in [-0.39, 0.29) is 6.03 Å². The van der Waals surface area contributed by atoms with Crippen molar-refractivity contribution in [3.05, 3.63) is 35.4 Å². The number of hydrogen-bond acceptors (Lipinski definition) is 2. The molecule has 0 spiro atoms. The van der Waals surface area contributed by atoms with E-state index in [0.717, 1.165) is 11.1 Å². The molecule has 1 rings (SSSR count). The molecule has 0 saturated carbocycles. The minimum absolute atomic E-state index is 0.100.